The van der Waals surface area contributed by atoms with Gasteiger partial charge in [0.15, 0.2) is 0 Å². The van der Waals surface area contributed by atoms with Gasteiger partial charge in [0.25, 0.3) is 0 Å². The second-order valence-corrected chi connectivity index (χ2v) is 3.27. The lowest BCUT2D eigenvalue weighted by molar-refractivity contribution is 1.66. The van der Waals surface area contributed by atoms with E-state index >= 15 is 0 Å². The van der Waals surface area contributed by atoms with Crippen LogP contribution in [0.2, 0.25) is 10.0 Å². The Bertz CT molecular complexity index is 261. The zero-order chi connectivity index (χ0) is 8.27. The second-order valence-electron chi connectivity index (χ2n) is 1.93. The molecule has 0 aliphatic heterocycles. The van der Waals surface area contributed by atoms with Crippen LogP contribution >= 0.6 is 39.1 Å². The molecule has 0 N–H and O–H groups in total. The minimum atomic E-state index is 0.660. The van der Waals surface area contributed by atoms with Crippen LogP contribution in [0, 0.1) is 0 Å². The molecule has 0 bridgehead atoms. The predicted molar refractivity (Wildman–Crippen MR) is 54.4 cm³/mol. The first-order valence-electron chi connectivity index (χ1n) is 2.96. The molecule has 0 aliphatic carbocycles. The molecule has 0 spiro atoms. The molecule has 11 heavy (non-hydrogen) atoms. The lowest BCUT2D eigenvalue weighted by Gasteiger charge is -1.98. The normalized spacial score (nSPS) is 10.8. The van der Waals surface area contributed by atoms with E-state index in [1.807, 2.05) is 12.1 Å². The third kappa shape index (κ3) is 2.22. The third-order valence-electron chi connectivity index (χ3n) is 1.23. The number of rotatable bonds is 1. The van der Waals surface area contributed by atoms with Crippen molar-refractivity contribution in [3.8, 4) is 0 Å². The first-order valence-corrected chi connectivity index (χ1v) is 4.63. The molecule has 0 aromatic heterocycles. The van der Waals surface area contributed by atoms with Crippen molar-refractivity contribution in [2.24, 2.45) is 0 Å². The monoisotopic (exact) mass is 250 g/mol. The summed E-state index contributed by atoms with van der Waals surface area (Å²) >= 11 is 14.9. The van der Waals surface area contributed by atoms with E-state index in [2.05, 4.69) is 15.9 Å². The minimum Gasteiger partial charge on any atom is -0.0836 e. The quantitative estimate of drug-likeness (QED) is 0.696. The summed E-state index contributed by atoms with van der Waals surface area (Å²) in [6.07, 6.45) is 1.81. The largest absolute Gasteiger partial charge is 0.0836 e. The van der Waals surface area contributed by atoms with Crippen LogP contribution in [0.4, 0.5) is 0 Å². The van der Waals surface area contributed by atoms with Gasteiger partial charge >= 0.3 is 0 Å². The summed E-state index contributed by atoms with van der Waals surface area (Å²) < 4.78 is 0. The van der Waals surface area contributed by atoms with Crippen LogP contribution in [0.25, 0.3) is 6.08 Å². The van der Waals surface area contributed by atoms with Crippen molar-refractivity contribution in [2.45, 2.75) is 0 Å². The predicted octanol–water partition coefficient (Wildman–Crippen LogP) is 4.36. The maximum Gasteiger partial charge on any atom is 0.0493 e. The maximum atomic E-state index is 5.85. The van der Waals surface area contributed by atoms with Gasteiger partial charge in [0, 0.05) is 15.6 Å². The summed E-state index contributed by atoms with van der Waals surface area (Å²) in [7, 11) is 0. The van der Waals surface area contributed by atoms with Gasteiger partial charge in [0.2, 0.25) is 0 Å². The van der Waals surface area contributed by atoms with E-state index in [4.69, 9.17) is 23.2 Å². The molecule has 0 heterocycles. The smallest absolute Gasteiger partial charge is 0.0493 e. The Morgan fingerprint density at radius 3 is 2.18 bits per heavy atom. The highest BCUT2D eigenvalue weighted by atomic mass is 79.9. The molecule has 1 rings (SSSR count). The highest BCUT2D eigenvalue weighted by Crippen LogP contribution is 2.25. The minimum absolute atomic E-state index is 0.660. The number of hydrogen-bond donors (Lipinski definition) is 0. The fourth-order valence-corrected chi connectivity index (χ4v) is 1.52. The Labute approximate surface area is 83.9 Å². The molecule has 1 aromatic rings. The van der Waals surface area contributed by atoms with Gasteiger partial charge in [-0.15, -0.1) is 0 Å². The van der Waals surface area contributed by atoms with Crippen LogP contribution in [0.3, 0.4) is 0 Å². The third-order valence-corrected chi connectivity index (χ3v) is 2.15. The molecule has 58 valence electrons. The summed E-state index contributed by atoms with van der Waals surface area (Å²) in [5.41, 5.74) is 0.840. The first-order chi connectivity index (χ1) is 5.25. The molecule has 0 radical (unpaired) electrons. The van der Waals surface area contributed by atoms with Crippen LogP contribution in [0.5, 0.6) is 0 Å². The van der Waals surface area contributed by atoms with E-state index in [-0.39, 0.29) is 0 Å². The van der Waals surface area contributed by atoms with Crippen molar-refractivity contribution < 1.29 is 0 Å². The molecule has 0 nitrogen and oxygen atoms in total. The van der Waals surface area contributed by atoms with Crippen molar-refractivity contribution in [3.05, 3.63) is 38.8 Å². The lowest BCUT2D eigenvalue weighted by Crippen LogP contribution is -1.75. The number of hydrogen-bond acceptors (Lipinski definition) is 0. The van der Waals surface area contributed by atoms with Gasteiger partial charge in [0.1, 0.15) is 0 Å². The van der Waals surface area contributed by atoms with Crippen LogP contribution < -0.4 is 0 Å². The molecule has 0 unspecified atom stereocenters. The van der Waals surface area contributed by atoms with Crippen molar-refractivity contribution in [1.82, 2.24) is 0 Å². The van der Waals surface area contributed by atoms with Crippen molar-refractivity contribution in [2.75, 3.05) is 0 Å². The van der Waals surface area contributed by atoms with Crippen molar-refractivity contribution in [3.63, 3.8) is 0 Å². The fourth-order valence-electron chi connectivity index (χ4n) is 0.733. The van der Waals surface area contributed by atoms with Gasteiger partial charge < -0.3 is 0 Å². The molecule has 0 saturated heterocycles. The number of halogens is 3. The molecule has 1 aromatic carbocycles. The zero-order valence-corrected chi connectivity index (χ0v) is 8.62. The van der Waals surface area contributed by atoms with Crippen LogP contribution in [0.1, 0.15) is 5.56 Å². The molecular formula is C8H5BrCl2. The molecular weight excluding hydrogens is 247 g/mol. The summed E-state index contributed by atoms with van der Waals surface area (Å²) in [6, 6.07) is 5.42. The molecule has 0 atom stereocenters. The van der Waals surface area contributed by atoms with Gasteiger partial charge in [-0.05, 0) is 23.2 Å². The van der Waals surface area contributed by atoms with E-state index in [9.17, 15) is 0 Å². The summed E-state index contributed by atoms with van der Waals surface area (Å²) in [4.78, 5) is 1.72. The standard InChI is InChI=1S/C8H5BrCl2/c9-5-4-6-7(10)2-1-3-8(6)11/h1-5H/b5-4-. The average molecular weight is 252 g/mol. The Balaban J connectivity index is 3.20. The lowest BCUT2D eigenvalue weighted by atomic mass is 10.2. The van der Waals surface area contributed by atoms with Gasteiger partial charge in [-0.1, -0.05) is 45.2 Å². The molecule has 0 saturated carbocycles. The summed E-state index contributed by atoms with van der Waals surface area (Å²) in [6.45, 7) is 0. The Kier molecular flexibility index (Phi) is 3.44. The maximum absolute atomic E-state index is 5.85. The fraction of sp³-hybridized carbons (Fsp3) is 0. The highest BCUT2D eigenvalue weighted by molar-refractivity contribution is 9.11. The second kappa shape index (κ2) is 4.15. The van der Waals surface area contributed by atoms with Crippen LogP contribution in [-0.4, -0.2) is 0 Å². The van der Waals surface area contributed by atoms with Gasteiger partial charge in [-0.3, -0.25) is 0 Å². The van der Waals surface area contributed by atoms with E-state index in [0.717, 1.165) is 5.56 Å². The zero-order valence-electron chi connectivity index (χ0n) is 5.52. The molecule has 0 aliphatic rings. The Hall–Kier alpha value is 0.0200. The average Bonchev–Trinajstić information content (AvgIpc) is 1.97. The summed E-state index contributed by atoms with van der Waals surface area (Å²) in [5.74, 6) is 0. The van der Waals surface area contributed by atoms with Crippen LogP contribution in [0.15, 0.2) is 23.2 Å². The molecule has 3 heteroatoms. The Morgan fingerprint density at radius 2 is 1.73 bits per heavy atom. The SMILES string of the molecule is Clc1cccc(Cl)c1/C=C\Br. The van der Waals surface area contributed by atoms with E-state index in [1.54, 1.807) is 17.1 Å². The molecule has 0 fully saturated rings. The first kappa shape index (κ1) is 9.11. The summed E-state index contributed by atoms with van der Waals surface area (Å²) in [5, 5.41) is 1.32. The van der Waals surface area contributed by atoms with Crippen molar-refractivity contribution >= 4 is 45.2 Å². The highest BCUT2D eigenvalue weighted by Gasteiger charge is 1.99. The van der Waals surface area contributed by atoms with Gasteiger partial charge in [0.05, 0.1) is 0 Å². The number of benzene rings is 1. The van der Waals surface area contributed by atoms with Gasteiger partial charge in [-0.25, -0.2) is 0 Å². The van der Waals surface area contributed by atoms with E-state index in [0.29, 0.717) is 10.0 Å². The topological polar surface area (TPSA) is 0 Å². The van der Waals surface area contributed by atoms with E-state index in [1.165, 1.54) is 0 Å². The van der Waals surface area contributed by atoms with Crippen molar-refractivity contribution in [1.29, 1.82) is 0 Å². The van der Waals surface area contributed by atoms with E-state index < -0.39 is 0 Å². The Morgan fingerprint density at radius 1 is 1.18 bits per heavy atom. The van der Waals surface area contributed by atoms with Crippen LogP contribution in [-0.2, 0) is 0 Å². The molecule has 0 amide bonds. The van der Waals surface area contributed by atoms with Gasteiger partial charge in [-0.2, -0.15) is 0 Å².